The Morgan fingerprint density at radius 3 is 2.76 bits per heavy atom. The summed E-state index contributed by atoms with van der Waals surface area (Å²) in [5.41, 5.74) is 3.69. The quantitative estimate of drug-likeness (QED) is 0.633. The molecule has 5 heteroatoms. The second-order valence-corrected chi connectivity index (χ2v) is 3.48. The van der Waals surface area contributed by atoms with Crippen molar-refractivity contribution in [3.63, 3.8) is 0 Å². The lowest BCUT2D eigenvalue weighted by Gasteiger charge is -1.95. The highest BCUT2D eigenvalue weighted by Gasteiger charge is 2.06. The fraction of sp³-hybridized carbons (Fsp3) is 0.0833. The summed E-state index contributed by atoms with van der Waals surface area (Å²) >= 11 is 0. The third-order valence-corrected chi connectivity index (χ3v) is 2.13. The number of benzene rings is 1. The van der Waals surface area contributed by atoms with Gasteiger partial charge in [-0.2, -0.15) is 10.2 Å². The zero-order valence-corrected chi connectivity index (χ0v) is 9.37. The summed E-state index contributed by atoms with van der Waals surface area (Å²) in [5.74, 6) is -0.321. The van der Waals surface area contributed by atoms with Gasteiger partial charge in [0.1, 0.15) is 0 Å². The zero-order valence-electron chi connectivity index (χ0n) is 9.37. The van der Waals surface area contributed by atoms with E-state index in [1.807, 2.05) is 30.3 Å². The number of nitrogens with zero attached hydrogens (tertiary/aromatic N) is 3. The summed E-state index contributed by atoms with van der Waals surface area (Å²) in [6, 6.07) is 11.2. The van der Waals surface area contributed by atoms with Gasteiger partial charge in [-0.05, 0) is 11.6 Å². The highest BCUT2D eigenvalue weighted by Crippen LogP contribution is 1.95. The van der Waals surface area contributed by atoms with Gasteiger partial charge in [0, 0.05) is 13.2 Å². The maximum atomic E-state index is 11.5. The number of aromatic nitrogens is 2. The zero-order chi connectivity index (χ0) is 12.1. The van der Waals surface area contributed by atoms with E-state index in [4.69, 9.17) is 0 Å². The molecule has 1 N–H and O–H groups in total. The summed E-state index contributed by atoms with van der Waals surface area (Å²) in [6.45, 7) is 0. The molecule has 1 heterocycles. The van der Waals surface area contributed by atoms with Gasteiger partial charge in [0.25, 0.3) is 5.91 Å². The molecular weight excluding hydrogens is 216 g/mol. The Balaban J connectivity index is 1.95. The number of carbonyl (C=O) groups excluding carboxylic acids is 1. The van der Waals surface area contributed by atoms with Gasteiger partial charge < -0.3 is 0 Å². The van der Waals surface area contributed by atoms with Crippen LogP contribution < -0.4 is 5.43 Å². The Labute approximate surface area is 98.8 Å². The van der Waals surface area contributed by atoms with E-state index in [-0.39, 0.29) is 5.91 Å². The topological polar surface area (TPSA) is 59.3 Å². The van der Waals surface area contributed by atoms with Crippen molar-refractivity contribution in [3.05, 3.63) is 53.9 Å². The van der Waals surface area contributed by atoms with Gasteiger partial charge in [-0.1, -0.05) is 30.3 Å². The molecule has 0 saturated carbocycles. The first-order valence-electron chi connectivity index (χ1n) is 5.14. The summed E-state index contributed by atoms with van der Waals surface area (Å²) in [7, 11) is 1.75. The highest BCUT2D eigenvalue weighted by molar-refractivity contribution is 5.92. The van der Waals surface area contributed by atoms with Gasteiger partial charge >= 0.3 is 0 Å². The van der Waals surface area contributed by atoms with Crippen LogP contribution in [0.25, 0.3) is 0 Å². The SMILES string of the molecule is Cn1ccc(C(=O)N/N=C/c2ccccc2)n1. The number of nitrogens with one attached hydrogen (secondary N) is 1. The monoisotopic (exact) mass is 228 g/mol. The lowest BCUT2D eigenvalue weighted by atomic mass is 10.2. The molecule has 0 aliphatic carbocycles. The molecule has 86 valence electrons. The van der Waals surface area contributed by atoms with Gasteiger partial charge in [-0.25, -0.2) is 5.43 Å². The normalized spacial score (nSPS) is 10.6. The summed E-state index contributed by atoms with van der Waals surface area (Å²) < 4.78 is 1.57. The minimum Gasteiger partial charge on any atom is -0.275 e. The number of rotatable bonds is 3. The Kier molecular flexibility index (Phi) is 3.30. The average molecular weight is 228 g/mol. The van der Waals surface area contributed by atoms with Crippen LogP contribution in [0.1, 0.15) is 16.1 Å². The van der Waals surface area contributed by atoms with Crippen molar-refractivity contribution >= 4 is 12.1 Å². The number of aryl methyl sites for hydroxylation is 1. The fourth-order valence-electron chi connectivity index (χ4n) is 1.30. The van der Waals surface area contributed by atoms with E-state index in [9.17, 15) is 4.79 Å². The smallest absolute Gasteiger partial charge is 0.275 e. The number of hydrazone groups is 1. The van der Waals surface area contributed by atoms with Crippen molar-refractivity contribution in [3.8, 4) is 0 Å². The summed E-state index contributed by atoms with van der Waals surface area (Å²) in [6.07, 6.45) is 3.29. The van der Waals surface area contributed by atoms with Crippen LogP contribution in [0.4, 0.5) is 0 Å². The standard InChI is InChI=1S/C12H12N4O/c1-16-8-7-11(15-16)12(17)14-13-9-10-5-3-2-4-6-10/h2-9H,1H3,(H,14,17)/b13-9+. The Morgan fingerprint density at radius 1 is 1.35 bits per heavy atom. The minimum atomic E-state index is -0.321. The molecule has 1 amide bonds. The molecule has 2 aromatic rings. The predicted molar refractivity (Wildman–Crippen MR) is 64.7 cm³/mol. The van der Waals surface area contributed by atoms with Gasteiger partial charge in [-0.15, -0.1) is 0 Å². The molecule has 17 heavy (non-hydrogen) atoms. The fourth-order valence-corrected chi connectivity index (χ4v) is 1.30. The molecule has 0 aliphatic rings. The molecule has 0 bridgehead atoms. The Hall–Kier alpha value is -2.43. The molecule has 2 rings (SSSR count). The molecule has 0 unspecified atom stereocenters. The van der Waals surface area contributed by atoms with Gasteiger partial charge in [0.15, 0.2) is 5.69 Å². The lowest BCUT2D eigenvalue weighted by molar-refractivity contribution is 0.0949. The van der Waals surface area contributed by atoms with E-state index < -0.39 is 0 Å². The van der Waals surface area contributed by atoms with Crippen LogP contribution in [0.3, 0.4) is 0 Å². The molecule has 0 atom stereocenters. The molecule has 1 aromatic carbocycles. The lowest BCUT2D eigenvalue weighted by Crippen LogP contribution is -2.18. The van der Waals surface area contributed by atoms with Crippen LogP contribution in [0.15, 0.2) is 47.7 Å². The first-order chi connectivity index (χ1) is 8.25. The van der Waals surface area contributed by atoms with Crippen molar-refractivity contribution in [2.45, 2.75) is 0 Å². The van der Waals surface area contributed by atoms with Crippen molar-refractivity contribution in [1.82, 2.24) is 15.2 Å². The maximum absolute atomic E-state index is 11.5. The van der Waals surface area contributed by atoms with Crippen molar-refractivity contribution in [1.29, 1.82) is 0 Å². The van der Waals surface area contributed by atoms with Crippen LogP contribution in [0, 0.1) is 0 Å². The summed E-state index contributed by atoms with van der Waals surface area (Å²) in [5, 5.41) is 7.82. The molecule has 0 fully saturated rings. The van der Waals surface area contributed by atoms with E-state index in [0.29, 0.717) is 5.69 Å². The summed E-state index contributed by atoms with van der Waals surface area (Å²) in [4.78, 5) is 11.5. The molecule has 0 aliphatic heterocycles. The van der Waals surface area contributed by atoms with Gasteiger partial charge in [0.05, 0.1) is 6.21 Å². The first-order valence-corrected chi connectivity index (χ1v) is 5.14. The largest absolute Gasteiger partial charge is 0.291 e. The van der Waals surface area contributed by atoms with Crippen LogP contribution >= 0.6 is 0 Å². The van der Waals surface area contributed by atoms with Crippen molar-refractivity contribution in [2.75, 3.05) is 0 Å². The number of hydrogen-bond acceptors (Lipinski definition) is 3. The average Bonchev–Trinajstić information content (AvgIpc) is 2.77. The molecule has 0 spiro atoms. The highest BCUT2D eigenvalue weighted by atomic mass is 16.2. The van der Waals surface area contributed by atoms with E-state index in [0.717, 1.165) is 5.56 Å². The number of carbonyl (C=O) groups is 1. The maximum Gasteiger partial charge on any atom is 0.291 e. The van der Waals surface area contributed by atoms with Gasteiger partial charge in [0.2, 0.25) is 0 Å². The van der Waals surface area contributed by atoms with Crippen LogP contribution in [-0.2, 0) is 7.05 Å². The van der Waals surface area contributed by atoms with Crippen molar-refractivity contribution < 1.29 is 4.79 Å². The Morgan fingerprint density at radius 2 is 2.12 bits per heavy atom. The second-order valence-electron chi connectivity index (χ2n) is 3.48. The molecule has 1 aromatic heterocycles. The Bertz CT molecular complexity index is 530. The van der Waals surface area contributed by atoms with Gasteiger partial charge in [-0.3, -0.25) is 9.48 Å². The van der Waals surface area contributed by atoms with Crippen LogP contribution in [0.2, 0.25) is 0 Å². The van der Waals surface area contributed by atoms with E-state index in [1.165, 1.54) is 0 Å². The predicted octanol–water partition coefficient (Wildman–Crippen LogP) is 1.18. The van der Waals surface area contributed by atoms with E-state index in [1.54, 1.807) is 30.2 Å². The third kappa shape index (κ3) is 3.01. The van der Waals surface area contributed by atoms with Crippen LogP contribution in [0.5, 0.6) is 0 Å². The number of amides is 1. The molecule has 0 saturated heterocycles. The first kappa shape index (κ1) is 11.1. The van der Waals surface area contributed by atoms with Crippen molar-refractivity contribution in [2.24, 2.45) is 12.1 Å². The second kappa shape index (κ2) is 5.07. The molecular formula is C12H12N4O. The number of hydrogen-bond donors (Lipinski definition) is 1. The van der Waals surface area contributed by atoms with E-state index in [2.05, 4.69) is 15.6 Å². The third-order valence-electron chi connectivity index (χ3n) is 2.13. The molecule has 0 radical (unpaired) electrons. The molecule has 5 nitrogen and oxygen atoms in total. The van der Waals surface area contributed by atoms with E-state index >= 15 is 0 Å². The minimum absolute atomic E-state index is 0.321. The van der Waals surface area contributed by atoms with Crippen LogP contribution in [-0.4, -0.2) is 21.9 Å².